The largest absolute Gasteiger partial charge is 0.489 e. The molecular formula is C20H19NO4. The summed E-state index contributed by atoms with van der Waals surface area (Å²) in [4.78, 5) is 11.5. The number of nitrogens with zero attached hydrogens (tertiary/aromatic N) is 1. The molecule has 1 heterocycles. The van der Waals surface area contributed by atoms with Crippen LogP contribution >= 0.6 is 0 Å². The molecule has 3 aromatic rings. The maximum Gasteiger partial charge on any atom is 0.307 e. The van der Waals surface area contributed by atoms with Crippen molar-refractivity contribution in [3.05, 3.63) is 83.7 Å². The molecule has 1 unspecified atom stereocenters. The van der Waals surface area contributed by atoms with Gasteiger partial charge in [0.1, 0.15) is 18.6 Å². The molecular weight excluding hydrogens is 318 g/mol. The van der Waals surface area contributed by atoms with Crippen molar-refractivity contribution in [3.8, 4) is 5.75 Å². The van der Waals surface area contributed by atoms with Crippen LogP contribution in [0.25, 0.3) is 0 Å². The van der Waals surface area contributed by atoms with Crippen molar-refractivity contribution < 1.29 is 19.2 Å². The predicted molar refractivity (Wildman–Crippen MR) is 92.4 cm³/mol. The van der Waals surface area contributed by atoms with Crippen LogP contribution in [-0.2, 0) is 11.4 Å². The van der Waals surface area contributed by atoms with Gasteiger partial charge in [0.05, 0.1) is 11.6 Å². The fourth-order valence-electron chi connectivity index (χ4n) is 2.78. The zero-order valence-corrected chi connectivity index (χ0v) is 13.8. The maximum absolute atomic E-state index is 11.5. The van der Waals surface area contributed by atoms with Gasteiger partial charge >= 0.3 is 5.97 Å². The summed E-state index contributed by atoms with van der Waals surface area (Å²) in [6.07, 6.45) is 1.45. The first-order chi connectivity index (χ1) is 12.1. The minimum Gasteiger partial charge on any atom is -0.489 e. The maximum atomic E-state index is 11.5. The van der Waals surface area contributed by atoms with Gasteiger partial charge in [-0.25, -0.2) is 0 Å². The number of rotatable bonds is 7. The number of carboxylic acids is 1. The Morgan fingerprint density at radius 3 is 2.64 bits per heavy atom. The zero-order chi connectivity index (χ0) is 17.6. The quantitative estimate of drug-likeness (QED) is 0.702. The second-order valence-corrected chi connectivity index (χ2v) is 5.88. The summed E-state index contributed by atoms with van der Waals surface area (Å²) in [5, 5.41) is 13.4. The van der Waals surface area contributed by atoms with Gasteiger partial charge in [-0.05, 0) is 23.3 Å². The number of carbonyl (C=O) groups is 1. The third-order valence-electron chi connectivity index (χ3n) is 4.13. The lowest BCUT2D eigenvalue weighted by Gasteiger charge is -2.19. The molecule has 0 amide bonds. The molecule has 0 saturated carbocycles. The van der Waals surface area contributed by atoms with Crippen LogP contribution in [0.3, 0.4) is 0 Å². The normalized spacial score (nSPS) is 13.2. The van der Waals surface area contributed by atoms with Crippen LogP contribution in [0, 0.1) is 5.92 Å². The lowest BCUT2D eigenvalue weighted by Crippen LogP contribution is -2.20. The van der Waals surface area contributed by atoms with Gasteiger partial charge in [-0.15, -0.1) is 0 Å². The van der Waals surface area contributed by atoms with Gasteiger partial charge < -0.3 is 14.4 Å². The molecule has 0 bridgehead atoms. The van der Waals surface area contributed by atoms with E-state index >= 15 is 0 Å². The van der Waals surface area contributed by atoms with E-state index in [1.165, 1.54) is 6.26 Å². The molecule has 0 aliphatic heterocycles. The van der Waals surface area contributed by atoms with E-state index in [-0.39, 0.29) is 0 Å². The minimum atomic E-state index is -0.886. The number of ether oxygens (including phenoxy) is 1. The van der Waals surface area contributed by atoms with Crippen LogP contribution in [-0.4, -0.2) is 16.2 Å². The number of carboxylic acid groups (broad SMARTS) is 1. The Morgan fingerprint density at radius 2 is 1.96 bits per heavy atom. The highest BCUT2D eigenvalue weighted by atomic mass is 16.5. The molecule has 0 radical (unpaired) electrons. The molecule has 5 nitrogen and oxygen atoms in total. The van der Waals surface area contributed by atoms with Crippen LogP contribution in [0.1, 0.15) is 29.7 Å². The molecule has 25 heavy (non-hydrogen) atoms. The Hall–Kier alpha value is -3.08. The van der Waals surface area contributed by atoms with Gasteiger partial charge in [0.15, 0.2) is 0 Å². The molecule has 3 rings (SSSR count). The highest BCUT2D eigenvalue weighted by Gasteiger charge is 2.29. The monoisotopic (exact) mass is 337 g/mol. The highest BCUT2D eigenvalue weighted by Crippen LogP contribution is 2.33. The molecule has 0 aliphatic carbocycles. The fraction of sp³-hybridized carbons (Fsp3) is 0.200. The zero-order valence-electron chi connectivity index (χ0n) is 13.8. The Bertz CT molecular complexity index is 815. The third-order valence-corrected chi connectivity index (χ3v) is 4.13. The summed E-state index contributed by atoms with van der Waals surface area (Å²) in [5.41, 5.74) is 2.49. The average Bonchev–Trinajstić information content (AvgIpc) is 3.15. The summed E-state index contributed by atoms with van der Waals surface area (Å²) in [6.45, 7) is 2.12. The van der Waals surface area contributed by atoms with E-state index in [0.29, 0.717) is 18.1 Å². The average molecular weight is 337 g/mol. The molecule has 0 aliphatic rings. The topological polar surface area (TPSA) is 72.6 Å². The molecule has 0 saturated heterocycles. The van der Waals surface area contributed by atoms with Crippen LogP contribution in [0.5, 0.6) is 5.75 Å². The second-order valence-electron chi connectivity index (χ2n) is 5.88. The van der Waals surface area contributed by atoms with Gasteiger partial charge in [0, 0.05) is 12.0 Å². The molecule has 1 N–H and O–H groups in total. The molecule has 0 spiro atoms. The van der Waals surface area contributed by atoms with E-state index in [9.17, 15) is 9.90 Å². The lowest BCUT2D eigenvalue weighted by atomic mass is 9.84. The smallest absolute Gasteiger partial charge is 0.307 e. The van der Waals surface area contributed by atoms with Crippen LogP contribution in [0.15, 0.2) is 71.4 Å². The second kappa shape index (κ2) is 7.66. The summed E-state index contributed by atoms with van der Waals surface area (Å²) in [5.74, 6) is -1.25. The first-order valence-electron chi connectivity index (χ1n) is 8.05. The van der Waals surface area contributed by atoms with E-state index in [2.05, 4.69) is 5.16 Å². The van der Waals surface area contributed by atoms with Crippen molar-refractivity contribution >= 4 is 5.97 Å². The van der Waals surface area contributed by atoms with Crippen molar-refractivity contribution in [2.75, 3.05) is 0 Å². The standard InChI is InChI=1S/C20H19NO4/c1-14(20(22)23)19(18-10-11-25-21-18)16-8-5-9-17(12-16)24-13-15-6-3-2-4-7-15/h2-12,14,19H,13H2,1H3,(H,22,23)/t14?,19-/m1/s1. The number of benzene rings is 2. The Labute approximate surface area is 145 Å². The third kappa shape index (κ3) is 4.07. The molecule has 1 aromatic heterocycles. The van der Waals surface area contributed by atoms with E-state index < -0.39 is 17.8 Å². The summed E-state index contributed by atoms with van der Waals surface area (Å²) >= 11 is 0. The number of aliphatic carboxylic acids is 1. The van der Waals surface area contributed by atoms with Crippen LogP contribution in [0.2, 0.25) is 0 Å². The van der Waals surface area contributed by atoms with Crippen molar-refractivity contribution in [1.29, 1.82) is 0 Å². The molecule has 2 aromatic carbocycles. The molecule has 0 fully saturated rings. The van der Waals surface area contributed by atoms with Gasteiger partial charge in [-0.2, -0.15) is 0 Å². The number of aromatic nitrogens is 1. The van der Waals surface area contributed by atoms with Crippen molar-refractivity contribution in [1.82, 2.24) is 5.16 Å². The Kier molecular flexibility index (Phi) is 5.14. The lowest BCUT2D eigenvalue weighted by molar-refractivity contribution is -0.141. The minimum absolute atomic E-state index is 0.406. The van der Waals surface area contributed by atoms with Gasteiger partial charge in [-0.3, -0.25) is 4.79 Å². The Balaban J connectivity index is 1.84. The molecule has 2 atom stereocenters. The highest BCUT2D eigenvalue weighted by molar-refractivity contribution is 5.71. The Morgan fingerprint density at radius 1 is 1.16 bits per heavy atom. The first-order valence-corrected chi connectivity index (χ1v) is 8.05. The van der Waals surface area contributed by atoms with Gasteiger partial charge in [-0.1, -0.05) is 54.5 Å². The van der Waals surface area contributed by atoms with E-state index in [1.54, 1.807) is 13.0 Å². The number of hydrogen-bond donors (Lipinski definition) is 1. The summed E-state index contributed by atoms with van der Waals surface area (Å²) in [7, 11) is 0. The predicted octanol–water partition coefficient (Wildman–Crippen LogP) is 4.11. The van der Waals surface area contributed by atoms with Crippen molar-refractivity contribution in [2.45, 2.75) is 19.4 Å². The van der Waals surface area contributed by atoms with Crippen molar-refractivity contribution in [2.24, 2.45) is 5.92 Å². The summed E-state index contributed by atoms with van der Waals surface area (Å²) < 4.78 is 10.8. The van der Waals surface area contributed by atoms with E-state index in [4.69, 9.17) is 9.26 Å². The van der Waals surface area contributed by atoms with Crippen molar-refractivity contribution in [3.63, 3.8) is 0 Å². The van der Waals surface area contributed by atoms with Crippen LogP contribution in [0.4, 0.5) is 0 Å². The first kappa shape index (κ1) is 16.8. The van der Waals surface area contributed by atoms with Gasteiger partial charge in [0.2, 0.25) is 0 Å². The molecule has 5 heteroatoms. The van der Waals surface area contributed by atoms with E-state index in [1.807, 2.05) is 54.6 Å². The number of hydrogen-bond acceptors (Lipinski definition) is 4. The summed E-state index contributed by atoms with van der Waals surface area (Å²) in [6, 6.07) is 19.0. The fourth-order valence-corrected chi connectivity index (χ4v) is 2.78. The SMILES string of the molecule is CC(C(=O)O)[C@H](c1cccc(OCc2ccccc2)c1)c1ccon1. The molecule has 128 valence electrons. The van der Waals surface area contributed by atoms with Gasteiger partial charge in [0.25, 0.3) is 0 Å². The van der Waals surface area contributed by atoms with E-state index in [0.717, 1.165) is 11.1 Å². The van der Waals surface area contributed by atoms with Crippen LogP contribution < -0.4 is 4.74 Å².